The Morgan fingerprint density at radius 1 is 1.14 bits per heavy atom. The van der Waals surface area contributed by atoms with Crippen molar-refractivity contribution < 1.29 is 19.1 Å². The molecule has 1 N–H and O–H groups in total. The molecule has 28 heavy (non-hydrogen) atoms. The van der Waals surface area contributed by atoms with Gasteiger partial charge in [0.05, 0.1) is 13.7 Å². The fraction of sp³-hybridized carbons (Fsp3) is 0.364. The number of rotatable bonds is 7. The third-order valence-corrected chi connectivity index (χ3v) is 4.84. The molecule has 2 aromatic rings. The number of nitrogens with one attached hydrogen (secondary N) is 1. The van der Waals surface area contributed by atoms with Gasteiger partial charge in [-0.1, -0.05) is 31.2 Å². The van der Waals surface area contributed by atoms with E-state index in [-0.39, 0.29) is 11.8 Å². The highest BCUT2D eigenvalue weighted by atomic mass is 16.5. The molecule has 6 heteroatoms. The van der Waals surface area contributed by atoms with Gasteiger partial charge in [0, 0.05) is 25.1 Å². The molecule has 6 nitrogen and oxygen atoms in total. The van der Waals surface area contributed by atoms with E-state index in [1.54, 1.807) is 12.0 Å². The van der Waals surface area contributed by atoms with Crippen LogP contribution in [0.15, 0.2) is 42.5 Å². The zero-order chi connectivity index (χ0) is 20.1. The number of fused-ring (bicyclic) bond motifs is 1. The van der Waals surface area contributed by atoms with Crippen LogP contribution in [0.4, 0.5) is 5.69 Å². The summed E-state index contributed by atoms with van der Waals surface area (Å²) in [5, 5.41) is 2.96. The number of para-hydroxylation sites is 1. The molecule has 0 radical (unpaired) electrons. The molecule has 1 aliphatic heterocycles. The van der Waals surface area contributed by atoms with Gasteiger partial charge in [-0.3, -0.25) is 14.5 Å². The highest BCUT2D eigenvalue weighted by molar-refractivity contribution is 6.03. The summed E-state index contributed by atoms with van der Waals surface area (Å²) in [6.07, 6.45) is 0.884. The van der Waals surface area contributed by atoms with Crippen LogP contribution in [0.1, 0.15) is 31.4 Å². The predicted octanol–water partition coefficient (Wildman–Crippen LogP) is 3.08. The lowest BCUT2D eigenvalue weighted by Gasteiger charge is -2.24. The third kappa shape index (κ3) is 3.96. The molecule has 2 amide bonds. The van der Waals surface area contributed by atoms with Crippen molar-refractivity contribution in [3.8, 4) is 11.5 Å². The average Bonchev–Trinajstić information content (AvgIpc) is 3.11. The molecule has 2 aromatic carbocycles. The Bertz CT molecular complexity index is 865. The van der Waals surface area contributed by atoms with E-state index in [1.165, 1.54) is 0 Å². The smallest absolute Gasteiger partial charge is 0.243 e. The number of hydrogen-bond acceptors (Lipinski definition) is 4. The highest BCUT2D eigenvalue weighted by Gasteiger charge is 2.37. The van der Waals surface area contributed by atoms with E-state index in [9.17, 15) is 9.59 Å². The second kappa shape index (κ2) is 8.78. The van der Waals surface area contributed by atoms with E-state index < -0.39 is 6.04 Å². The molecule has 0 fully saturated rings. The van der Waals surface area contributed by atoms with Gasteiger partial charge in [-0.15, -0.1) is 0 Å². The summed E-state index contributed by atoms with van der Waals surface area (Å²) in [5.74, 6) is 1.09. The maximum atomic E-state index is 12.9. The quantitative estimate of drug-likeness (QED) is 0.799. The molecule has 0 unspecified atom stereocenters. The molecule has 0 saturated carbocycles. The molecular formula is C22H26N2O4. The fourth-order valence-electron chi connectivity index (χ4n) is 3.48. The number of carbonyl (C=O) groups is 2. The van der Waals surface area contributed by atoms with Crippen molar-refractivity contribution in [1.29, 1.82) is 0 Å². The van der Waals surface area contributed by atoms with Gasteiger partial charge in [0.15, 0.2) is 11.5 Å². The molecule has 0 saturated heterocycles. The van der Waals surface area contributed by atoms with Crippen LogP contribution in [0.2, 0.25) is 0 Å². The lowest BCUT2D eigenvalue weighted by Crippen LogP contribution is -2.47. The lowest BCUT2D eigenvalue weighted by molar-refractivity contribution is -0.126. The Balaban J connectivity index is 1.73. The molecule has 0 bridgehead atoms. The normalized spacial score (nSPS) is 15.1. The second-order valence-corrected chi connectivity index (χ2v) is 6.60. The van der Waals surface area contributed by atoms with E-state index in [4.69, 9.17) is 9.47 Å². The number of hydrogen-bond donors (Lipinski definition) is 1. The van der Waals surface area contributed by atoms with Gasteiger partial charge >= 0.3 is 0 Å². The van der Waals surface area contributed by atoms with E-state index in [0.29, 0.717) is 37.5 Å². The first-order valence-electron chi connectivity index (χ1n) is 9.56. The van der Waals surface area contributed by atoms with Gasteiger partial charge in [0.2, 0.25) is 11.8 Å². The van der Waals surface area contributed by atoms with Gasteiger partial charge in [-0.25, -0.2) is 0 Å². The van der Waals surface area contributed by atoms with Crippen molar-refractivity contribution in [2.24, 2.45) is 0 Å². The van der Waals surface area contributed by atoms with Crippen LogP contribution in [-0.4, -0.2) is 31.6 Å². The first-order valence-corrected chi connectivity index (χ1v) is 9.56. The minimum atomic E-state index is -0.519. The van der Waals surface area contributed by atoms with Crippen LogP contribution >= 0.6 is 0 Å². The van der Waals surface area contributed by atoms with Crippen molar-refractivity contribution in [2.45, 2.75) is 39.3 Å². The number of carbonyl (C=O) groups excluding carboxylic acids is 2. The standard InChI is InChI=1S/C22H26N2O4/c1-4-21(25)24-17-9-7-6-8-16(17)13-18(24)22(26)23-14-15-10-11-19(27-3)20(12-15)28-5-2/h6-12,18H,4-5,13-14H2,1-3H3,(H,23,26)/t18-/m0/s1. The van der Waals surface area contributed by atoms with Crippen molar-refractivity contribution >= 4 is 17.5 Å². The minimum absolute atomic E-state index is 0.0480. The summed E-state index contributed by atoms with van der Waals surface area (Å²) in [6, 6.07) is 12.7. The van der Waals surface area contributed by atoms with Crippen LogP contribution in [0.5, 0.6) is 11.5 Å². The van der Waals surface area contributed by atoms with Gasteiger partial charge in [-0.05, 0) is 36.2 Å². The van der Waals surface area contributed by atoms with Crippen LogP contribution in [0, 0.1) is 0 Å². The molecular weight excluding hydrogens is 356 g/mol. The predicted molar refractivity (Wildman–Crippen MR) is 108 cm³/mol. The molecule has 3 rings (SSSR count). The summed E-state index contributed by atoms with van der Waals surface area (Å²) < 4.78 is 10.9. The number of nitrogens with zero attached hydrogens (tertiary/aromatic N) is 1. The lowest BCUT2D eigenvalue weighted by atomic mass is 10.1. The highest BCUT2D eigenvalue weighted by Crippen LogP contribution is 2.33. The molecule has 0 aliphatic carbocycles. The van der Waals surface area contributed by atoms with E-state index >= 15 is 0 Å². The van der Waals surface area contributed by atoms with Crippen LogP contribution in [-0.2, 0) is 22.6 Å². The topological polar surface area (TPSA) is 67.9 Å². The Labute approximate surface area is 165 Å². The first-order chi connectivity index (χ1) is 13.6. The number of anilines is 1. The first kappa shape index (κ1) is 19.7. The Kier molecular flexibility index (Phi) is 6.19. The summed E-state index contributed by atoms with van der Waals surface area (Å²) in [6.45, 7) is 4.60. The summed E-state index contributed by atoms with van der Waals surface area (Å²) >= 11 is 0. The van der Waals surface area contributed by atoms with E-state index in [1.807, 2.05) is 56.3 Å². The minimum Gasteiger partial charge on any atom is -0.493 e. The van der Waals surface area contributed by atoms with Crippen molar-refractivity contribution in [3.63, 3.8) is 0 Å². The summed E-state index contributed by atoms with van der Waals surface area (Å²) in [4.78, 5) is 27.0. The Morgan fingerprint density at radius 3 is 2.64 bits per heavy atom. The second-order valence-electron chi connectivity index (χ2n) is 6.60. The van der Waals surface area contributed by atoms with E-state index in [2.05, 4.69) is 5.32 Å². The number of ether oxygens (including phenoxy) is 2. The number of amides is 2. The van der Waals surface area contributed by atoms with Gasteiger partial charge in [0.1, 0.15) is 6.04 Å². The van der Waals surface area contributed by atoms with Crippen LogP contribution in [0.3, 0.4) is 0 Å². The molecule has 1 heterocycles. The number of methoxy groups -OCH3 is 1. The van der Waals surface area contributed by atoms with Crippen LogP contribution < -0.4 is 19.7 Å². The van der Waals surface area contributed by atoms with Crippen molar-refractivity contribution in [2.75, 3.05) is 18.6 Å². The summed E-state index contributed by atoms with van der Waals surface area (Å²) in [5.41, 5.74) is 2.76. The SMILES string of the molecule is CCOc1cc(CNC(=O)[C@@H]2Cc3ccccc3N2C(=O)CC)ccc1OC. The molecule has 0 spiro atoms. The molecule has 148 valence electrons. The summed E-state index contributed by atoms with van der Waals surface area (Å²) in [7, 11) is 1.59. The maximum Gasteiger partial charge on any atom is 0.243 e. The monoisotopic (exact) mass is 382 g/mol. The number of benzene rings is 2. The third-order valence-electron chi connectivity index (χ3n) is 4.84. The van der Waals surface area contributed by atoms with E-state index in [0.717, 1.165) is 16.8 Å². The zero-order valence-corrected chi connectivity index (χ0v) is 16.5. The largest absolute Gasteiger partial charge is 0.493 e. The van der Waals surface area contributed by atoms with Gasteiger partial charge < -0.3 is 14.8 Å². The molecule has 0 aromatic heterocycles. The van der Waals surface area contributed by atoms with Crippen molar-refractivity contribution in [3.05, 3.63) is 53.6 Å². The Hall–Kier alpha value is -3.02. The van der Waals surface area contributed by atoms with Crippen LogP contribution in [0.25, 0.3) is 0 Å². The molecule has 1 aliphatic rings. The maximum absolute atomic E-state index is 12.9. The molecule has 1 atom stereocenters. The van der Waals surface area contributed by atoms with Gasteiger partial charge in [-0.2, -0.15) is 0 Å². The van der Waals surface area contributed by atoms with Gasteiger partial charge in [0.25, 0.3) is 0 Å². The van der Waals surface area contributed by atoms with Crippen molar-refractivity contribution in [1.82, 2.24) is 5.32 Å². The Morgan fingerprint density at radius 2 is 1.93 bits per heavy atom. The average molecular weight is 382 g/mol. The fourth-order valence-corrected chi connectivity index (χ4v) is 3.48. The zero-order valence-electron chi connectivity index (χ0n) is 16.5.